The van der Waals surface area contributed by atoms with Gasteiger partial charge in [0.05, 0.1) is 4.92 Å². The second-order valence-electron chi connectivity index (χ2n) is 9.23. The molecular formula is C21H28N4O5. The number of carbonyl (C=O) groups excluding carboxylic acids is 2. The predicted molar refractivity (Wildman–Crippen MR) is 109 cm³/mol. The molecule has 162 valence electrons. The Kier molecular flexibility index (Phi) is 5.29. The summed E-state index contributed by atoms with van der Waals surface area (Å²) in [5, 5.41) is 14.0. The molecule has 4 fully saturated rings. The van der Waals surface area contributed by atoms with Crippen LogP contribution in [0.25, 0.3) is 0 Å². The number of hydrogen-bond donors (Lipinski definition) is 3. The zero-order valence-electron chi connectivity index (χ0n) is 17.3. The van der Waals surface area contributed by atoms with Gasteiger partial charge >= 0.3 is 6.03 Å². The van der Waals surface area contributed by atoms with Crippen molar-refractivity contribution in [3.05, 3.63) is 33.9 Å². The number of aryl methyl sites for hydroxylation is 1. The van der Waals surface area contributed by atoms with Crippen molar-refractivity contribution < 1.29 is 19.2 Å². The monoisotopic (exact) mass is 416 g/mol. The lowest BCUT2D eigenvalue weighted by Gasteiger charge is -2.56. The first-order valence-electron chi connectivity index (χ1n) is 10.5. The van der Waals surface area contributed by atoms with Gasteiger partial charge in [0.2, 0.25) is 0 Å². The number of nitrogens with one attached hydrogen (secondary N) is 3. The third kappa shape index (κ3) is 4.20. The maximum Gasteiger partial charge on any atom is 0.333 e. The fraction of sp³-hybridized carbons (Fsp3) is 0.619. The molecule has 3 N–H and O–H groups in total. The summed E-state index contributed by atoms with van der Waals surface area (Å²) in [6.45, 7) is 3.15. The fourth-order valence-electron chi connectivity index (χ4n) is 5.92. The van der Waals surface area contributed by atoms with E-state index < -0.39 is 23.0 Å². The largest absolute Gasteiger partial charge is 0.481 e. The number of nitro benzene ring substituents is 1. The topological polar surface area (TPSA) is 123 Å². The number of hydrazine groups is 1. The number of nitrogens with zero attached hydrogens (tertiary/aromatic N) is 1. The number of hydrogen-bond acceptors (Lipinski definition) is 5. The molecule has 0 heterocycles. The summed E-state index contributed by atoms with van der Waals surface area (Å²) >= 11 is 0. The molecule has 4 bridgehead atoms. The summed E-state index contributed by atoms with van der Waals surface area (Å²) in [5.41, 5.74) is 5.13. The van der Waals surface area contributed by atoms with Crippen LogP contribution in [0.3, 0.4) is 0 Å². The van der Waals surface area contributed by atoms with E-state index in [0.717, 1.165) is 19.3 Å². The van der Waals surface area contributed by atoms with E-state index in [4.69, 9.17) is 4.74 Å². The Balaban J connectivity index is 1.26. The van der Waals surface area contributed by atoms with Gasteiger partial charge in [0.15, 0.2) is 6.10 Å². The van der Waals surface area contributed by atoms with Crippen LogP contribution in [-0.4, -0.2) is 28.5 Å². The van der Waals surface area contributed by atoms with Crippen LogP contribution in [0.4, 0.5) is 10.5 Å². The molecule has 1 aromatic carbocycles. The zero-order valence-corrected chi connectivity index (χ0v) is 17.3. The van der Waals surface area contributed by atoms with Crippen molar-refractivity contribution in [3.8, 4) is 5.75 Å². The third-order valence-corrected chi connectivity index (χ3v) is 6.76. The Labute approximate surface area is 175 Å². The Hall–Kier alpha value is -2.84. The highest BCUT2D eigenvalue weighted by atomic mass is 16.6. The Morgan fingerprint density at radius 1 is 1.13 bits per heavy atom. The molecule has 30 heavy (non-hydrogen) atoms. The summed E-state index contributed by atoms with van der Waals surface area (Å²) < 4.78 is 5.55. The minimum atomic E-state index is -0.884. The lowest BCUT2D eigenvalue weighted by molar-refractivity contribution is -0.385. The summed E-state index contributed by atoms with van der Waals surface area (Å²) in [4.78, 5) is 35.1. The number of urea groups is 1. The van der Waals surface area contributed by atoms with E-state index in [9.17, 15) is 19.7 Å². The van der Waals surface area contributed by atoms with Crippen molar-refractivity contribution in [1.29, 1.82) is 0 Å². The smallest absolute Gasteiger partial charge is 0.333 e. The van der Waals surface area contributed by atoms with E-state index in [1.165, 1.54) is 37.5 Å². The molecule has 0 aliphatic heterocycles. The predicted octanol–water partition coefficient (Wildman–Crippen LogP) is 2.97. The van der Waals surface area contributed by atoms with Gasteiger partial charge in [0.1, 0.15) is 5.75 Å². The number of benzene rings is 1. The SMILES string of the molecule is Cc1cc(O[C@H](C)C(=O)NNC(=O)NC23CC4CC(CC(C4)C2)C3)ccc1[N+](=O)[O-]. The van der Waals surface area contributed by atoms with Crippen molar-refractivity contribution >= 4 is 17.6 Å². The first kappa shape index (κ1) is 20.4. The van der Waals surface area contributed by atoms with Crippen LogP contribution in [0.1, 0.15) is 51.0 Å². The van der Waals surface area contributed by atoms with Crippen LogP contribution >= 0.6 is 0 Å². The molecule has 0 saturated heterocycles. The average molecular weight is 416 g/mol. The maximum atomic E-state index is 12.4. The minimum absolute atomic E-state index is 0.0116. The molecule has 0 spiro atoms. The highest BCUT2D eigenvalue weighted by Crippen LogP contribution is 2.55. The Morgan fingerprint density at radius 2 is 1.73 bits per heavy atom. The second kappa shape index (κ2) is 7.77. The summed E-state index contributed by atoms with van der Waals surface area (Å²) in [7, 11) is 0. The lowest BCUT2D eigenvalue weighted by Crippen LogP contribution is -2.63. The summed E-state index contributed by atoms with van der Waals surface area (Å²) in [6, 6.07) is 3.90. The van der Waals surface area contributed by atoms with Crippen LogP contribution in [0.5, 0.6) is 5.75 Å². The molecule has 0 radical (unpaired) electrons. The van der Waals surface area contributed by atoms with E-state index in [-0.39, 0.29) is 11.2 Å². The third-order valence-electron chi connectivity index (χ3n) is 6.76. The van der Waals surface area contributed by atoms with Crippen molar-refractivity contribution in [2.75, 3.05) is 0 Å². The van der Waals surface area contributed by atoms with Crippen molar-refractivity contribution in [2.45, 2.75) is 64.0 Å². The molecule has 0 unspecified atom stereocenters. The second-order valence-corrected chi connectivity index (χ2v) is 9.23. The average Bonchev–Trinajstić information content (AvgIpc) is 2.64. The van der Waals surface area contributed by atoms with Gasteiger partial charge in [-0.15, -0.1) is 0 Å². The highest BCUT2D eigenvalue weighted by molar-refractivity contribution is 5.84. The van der Waals surface area contributed by atoms with Crippen molar-refractivity contribution in [2.24, 2.45) is 17.8 Å². The molecule has 3 amide bonds. The first-order valence-corrected chi connectivity index (χ1v) is 10.5. The molecule has 4 aliphatic rings. The van der Waals surface area contributed by atoms with E-state index >= 15 is 0 Å². The quantitative estimate of drug-likeness (QED) is 0.503. The standard InChI is InChI=1S/C21H28N4O5/c1-12-5-17(3-4-18(12)25(28)29)30-13(2)19(26)23-24-20(27)22-21-9-14-6-15(10-21)8-16(7-14)11-21/h3-5,13-16H,6-11H2,1-2H3,(H,23,26)(H2,22,24,27)/t13-,14?,15?,16?,21?/m1/s1. The van der Waals surface area contributed by atoms with E-state index in [0.29, 0.717) is 29.1 Å². The van der Waals surface area contributed by atoms with E-state index in [1.807, 2.05) is 0 Å². The molecular weight excluding hydrogens is 388 g/mol. The Morgan fingerprint density at radius 3 is 2.27 bits per heavy atom. The maximum absolute atomic E-state index is 12.4. The molecule has 4 aliphatic carbocycles. The summed E-state index contributed by atoms with van der Waals surface area (Å²) in [5.74, 6) is 1.98. The summed E-state index contributed by atoms with van der Waals surface area (Å²) in [6.07, 6.45) is 6.06. The highest BCUT2D eigenvalue weighted by Gasteiger charge is 2.51. The van der Waals surface area contributed by atoms with Gasteiger partial charge in [-0.3, -0.25) is 20.3 Å². The van der Waals surface area contributed by atoms with Crippen LogP contribution < -0.4 is 20.9 Å². The molecule has 9 nitrogen and oxygen atoms in total. The van der Waals surface area contributed by atoms with Crippen molar-refractivity contribution in [1.82, 2.24) is 16.2 Å². The molecule has 0 aromatic heterocycles. The molecule has 9 heteroatoms. The molecule has 1 atom stereocenters. The van der Waals surface area contributed by atoms with Gasteiger partial charge in [-0.05, 0) is 82.3 Å². The van der Waals surface area contributed by atoms with Gasteiger partial charge in [-0.2, -0.15) is 0 Å². The lowest BCUT2D eigenvalue weighted by atomic mass is 9.53. The van der Waals surface area contributed by atoms with Gasteiger partial charge in [-0.25, -0.2) is 10.2 Å². The fourth-order valence-corrected chi connectivity index (χ4v) is 5.92. The number of nitro groups is 1. The normalized spacial score (nSPS) is 29.7. The van der Waals surface area contributed by atoms with Gasteiger partial charge in [0.25, 0.3) is 11.6 Å². The molecule has 1 aromatic rings. The van der Waals surface area contributed by atoms with Crippen LogP contribution in [0.15, 0.2) is 18.2 Å². The number of carbonyl (C=O) groups is 2. The van der Waals surface area contributed by atoms with Gasteiger partial charge in [-0.1, -0.05) is 0 Å². The Bertz CT molecular complexity index is 836. The van der Waals surface area contributed by atoms with E-state index in [2.05, 4.69) is 16.2 Å². The van der Waals surface area contributed by atoms with Gasteiger partial charge < -0.3 is 10.1 Å². The van der Waals surface area contributed by atoms with Crippen molar-refractivity contribution in [3.63, 3.8) is 0 Å². The molecule has 5 rings (SSSR count). The number of rotatable bonds is 5. The zero-order chi connectivity index (χ0) is 21.5. The van der Waals surface area contributed by atoms with Crippen LogP contribution in [0.2, 0.25) is 0 Å². The minimum Gasteiger partial charge on any atom is -0.481 e. The molecule has 4 saturated carbocycles. The van der Waals surface area contributed by atoms with Gasteiger partial charge in [0, 0.05) is 17.2 Å². The first-order chi connectivity index (χ1) is 14.2. The van der Waals surface area contributed by atoms with Crippen LogP contribution in [-0.2, 0) is 4.79 Å². The number of amides is 3. The van der Waals surface area contributed by atoms with E-state index in [1.54, 1.807) is 13.8 Å². The number of ether oxygens (including phenoxy) is 1. The van der Waals surface area contributed by atoms with Crippen LogP contribution in [0, 0.1) is 34.8 Å².